The van der Waals surface area contributed by atoms with Crippen LogP contribution in [0.2, 0.25) is 0 Å². The second kappa shape index (κ2) is 4.47. The highest BCUT2D eigenvalue weighted by Crippen LogP contribution is 2.36. The molecule has 0 saturated heterocycles. The minimum atomic E-state index is -0.300. The molecule has 17 heavy (non-hydrogen) atoms. The first-order chi connectivity index (χ1) is 7.94. The highest BCUT2D eigenvalue weighted by atomic mass is 16.5. The Balaban J connectivity index is 2.11. The molecule has 3 nitrogen and oxygen atoms in total. The van der Waals surface area contributed by atoms with Gasteiger partial charge in [0.15, 0.2) is 11.5 Å². The van der Waals surface area contributed by atoms with E-state index in [-0.39, 0.29) is 11.4 Å². The van der Waals surface area contributed by atoms with Gasteiger partial charge in [0.1, 0.15) is 11.4 Å². The van der Waals surface area contributed by atoms with Crippen LogP contribution in [-0.2, 0) is 0 Å². The Kier molecular flexibility index (Phi) is 3.18. The van der Waals surface area contributed by atoms with Crippen LogP contribution in [0.1, 0.15) is 33.6 Å². The predicted octanol–water partition coefficient (Wildman–Crippen LogP) is 3.36. The molecular formula is C14H20O3. The molecule has 0 bridgehead atoms. The Bertz CT molecular complexity index is 389. The molecule has 1 aromatic rings. The number of hydrogen-bond donors (Lipinski definition) is 1. The number of rotatable bonds is 4. The van der Waals surface area contributed by atoms with Crippen molar-refractivity contribution in [2.45, 2.75) is 39.2 Å². The van der Waals surface area contributed by atoms with Gasteiger partial charge in [-0.25, -0.2) is 0 Å². The first kappa shape index (κ1) is 12.1. The Morgan fingerprint density at radius 2 is 1.94 bits per heavy atom. The van der Waals surface area contributed by atoms with Crippen molar-refractivity contribution in [2.24, 2.45) is 5.92 Å². The lowest BCUT2D eigenvalue weighted by atomic mass is 10.2. The summed E-state index contributed by atoms with van der Waals surface area (Å²) in [6.45, 7) is 6.66. The third-order valence-electron chi connectivity index (χ3n) is 2.51. The van der Waals surface area contributed by atoms with Crippen molar-refractivity contribution in [1.29, 1.82) is 0 Å². The van der Waals surface area contributed by atoms with Crippen LogP contribution in [0.5, 0.6) is 17.2 Å². The zero-order valence-electron chi connectivity index (χ0n) is 10.7. The molecule has 1 aromatic carbocycles. The number of ether oxygens (including phenoxy) is 2. The SMILES string of the molecule is CC(C)(C)Oc1cc(O)ccc1OCC1CC1. The minimum absolute atomic E-state index is 0.197. The van der Waals surface area contributed by atoms with Gasteiger partial charge in [0.25, 0.3) is 0 Å². The molecule has 0 aliphatic heterocycles. The Labute approximate surface area is 102 Å². The summed E-state index contributed by atoms with van der Waals surface area (Å²) in [7, 11) is 0. The van der Waals surface area contributed by atoms with E-state index in [0.29, 0.717) is 17.4 Å². The van der Waals surface area contributed by atoms with Crippen molar-refractivity contribution in [3.05, 3.63) is 18.2 Å². The van der Waals surface area contributed by atoms with Gasteiger partial charge in [-0.2, -0.15) is 0 Å². The molecule has 2 rings (SSSR count). The molecule has 0 radical (unpaired) electrons. The van der Waals surface area contributed by atoms with Crippen molar-refractivity contribution in [2.75, 3.05) is 6.61 Å². The summed E-state index contributed by atoms with van der Waals surface area (Å²) < 4.78 is 11.5. The van der Waals surface area contributed by atoms with Gasteiger partial charge in [-0.3, -0.25) is 0 Å². The molecule has 1 fully saturated rings. The van der Waals surface area contributed by atoms with Crippen LogP contribution in [0, 0.1) is 5.92 Å². The maximum absolute atomic E-state index is 9.49. The first-order valence-corrected chi connectivity index (χ1v) is 6.09. The van der Waals surface area contributed by atoms with Crippen molar-refractivity contribution in [3.8, 4) is 17.2 Å². The maximum Gasteiger partial charge on any atom is 0.165 e. The highest BCUT2D eigenvalue weighted by Gasteiger charge is 2.23. The summed E-state index contributed by atoms with van der Waals surface area (Å²) >= 11 is 0. The van der Waals surface area contributed by atoms with Crippen molar-refractivity contribution < 1.29 is 14.6 Å². The highest BCUT2D eigenvalue weighted by molar-refractivity contribution is 5.45. The van der Waals surface area contributed by atoms with Crippen molar-refractivity contribution in [3.63, 3.8) is 0 Å². The molecule has 3 heteroatoms. The number of aromatic hydroxyl groups is 1. The summed E-state index contributed by atoms with van der Waals surface area (Å²) in [6.07, 6.45) is 2.51. The monoisotopic (exact) mass is 236 g/mol. The van der Waals surface area contributed by atoms with Crippen LogP contribution >= 0.6 is 0 Å². The Morgan fingerprint density at radius 1 is 1.24 bits per heavy atom. The maximum atomic E-state index is 9.49. The topological polar surface area (TPSA) is 38.7 Å². The molecule has 0 atom stereocenters. The van der Waals surface area contributed by atoms with Crippen LogP contribution < -0.4 is 9.47 Å². The van der Waals surface area contributed by atoms with E-state index in [1.54, 1.807) is 18.2 Å². The van der Waals surface area contributed by atoms with Crippen LogP contribution in [0.15, 0.2) is 18.2 Å². The van der Waals surface area contributed by atoms with Crippen LogP contribution in [0.3, 0.4) is 0 Å². The number of phenolic OH excluding ortho intramolecular Hbond substituents is 1. The Hall–Kier alpha value is -1.38. The van der Waals surface area contributed by atoms with Crippen molar-refractivity contribution >= 4 is 0 Å². The molecule has 0 heterocycles. The van der Waals surface area contributed by atoms with E-state index in [0.717, 1.165) is 6.61 Å². The fraction of sp³-hybridized carbons (Fsp3) is 0.571. The third-order valence-corrected chi connectivity index (χ3v) is 2.51. The fourth-order valence-corrected chi connectivity index (χ4v) is 1.52. The molecular weight excluding hydrogens is 216 g/mol. The fourth-order valence-electron chi connectivity index (χ4n) is 1.52. The van der Waals surface area contributed by atoms with E-state index in [2.05, 4.69) is 0 Å². The second-order valence-electron chi connectivity index (χ2n) is 5.60. The van der Waals surface area contributed by atoms with E-state index < -0.39 is 0 Å². The van der Waals surface area contributed by atoms with Gasteiger partial charge >= 0.3 is 0 Å². The summed E-state index contributed by atoms with van der Waals surface area (Å²) in [6, 6.07) is 4.99. The molecule has 1 saturated carbocycles. The smallest absolute Gasteiger partial charge is 0.165 e. The number of hydrogen-bond acceptors (Lipinski definition) is 3. The standard InChI is InChI=1S/C14H20O3/c1-14(2,3)17-13-8-11(15)6-7-12(13)16-9-10-4-5-10/h6-8,10,15H,4-5,9H2,1-3H3. The molecule has 0 spiro atoms. The lowest BCUT2D eigenvalue weighted by Crippen LogP contribution is -2.23. The van der Waals surface area contributed by atoms with E-state index >= 15 is 0 Å². The average Bonchev–Trinajstić information content (AvgIpc) is 2.97. The van der Waals surface area contributed by atoms with Gasteiger partial charge in [0.05, 0.1) is 6.61 Å². The van der Waals surface area contributed by atoms with Gasteiger partial charge in [-0.1, -0.05) is 0 Å². The van der Waals surface area contributed by atoms with Crippen LogP contribution in [-0.4, -0.2) is 17.3 Å². The minimum Gasteiger partial charge on any atom is -0.508 e. The van der Waals surface area contributed by atoms with E-state index in [1.165, 1.54) is 12.8 Å². The zero-order valence-corrected chi connectivity index (χ0v) is 10.7. The summed E-state index contributed by atoms with van der Waals surface area (Å²) in [5.41, 5.74) is -0.300. The molecule has 1 aliphatic rings. The molecule has 1 N–H and O–H groups in total. The van der Waals surface area contributed by atoms with Crippen LogP contribution in [0.4, 0.5) is 0 Å². The quantitative estimate of drug-likeness (QED) is 0.871. The van der Waals surface area contributed by atoms with Gasteiger partial charge < -0.3 is 14.6 Å². The van der Waals surface area contributed by atoms with E-state index in [1.807, 2.05) is 20.8 Å². The van der Waals surface area contributed by atoms with Crippen LogP contribution in [0.25, 0.3) is 0 Å². The number of benzene rings is 1. The summed E-state index contributed by atoms with van der Waals surface area (Å²) in [5.74, 6) is 2.22. The molecule has 0 amide bonds. The molecule has 1 aliphatic carbocycles. The summed E-state index contributed by atoms with van der Waals surface area (Å²) in [5, 5.41) is 9.49. The third kappa shape index (κ3) is 3.84. The van der Waals surface area contributed by atoms with E-state index in [4.69, 9.17) is 9.47 Å². The molecule has 94 valence electrons. The van der Waals surface area contributed by atoms with Crippen molar-refractivity contribution in [1.82, 2.24) is 0 Å². The average molecular weight is 236 g/mol. The Morgan fingerprint density at radius 3 is 2.53 bits per heavy atom. The van der Waals surface area contributed by atoms with Gasteiger partial charge in [-0.15, -0.1) is 0 Å². The van der Waals surface area contributed by atoms with Gasteiger partial charge in [0, 0.05) is 6.07 Å². The zero-order chi connectivity index (χ0) is 12.5. The number of phenols is 1. The lowest BCUT2D eigenvalue weighted by molar-refractivity contribution is 0.122. The first-order valence-electron chi connectivity index (χ1n) is 6.09. The largest absolute Gasteiger partial charge is 0.508 e. The summed E-state index contributed by atoms with van der Waals surface area (Å²) in [4.78, 5) is 0. The molecule has 0 unspecified atom stereocenters. The van der Waals surface area contributed by atoms with Gasteiger partial charge in [-0.05, 0) is 51.7 Å². The predicted molar refractivity (Wildman–Crippen MR) is 66.7 cm³/mol. The van der Waals surface area contributed by atoms with E-state index in [9.17, 15) is 5.11 Å². The molecule has 0 aromatic heterocycles. The van der Waals surface area contributed by atoms with Gasteiger partial charge in [0.2, 0.25) is 0 Å². The normalized spacial score (nSPS) is 15.7. The second-order valence-corrected chi connectivity index (χ2v) is 5.60. The lowest BCUT2D eigenvalue weighted by Gasteiger charge is -2.23.